The van der Waals surface area contributed by atoms with Crippen molar-refractivity contribution in [2.75, 3.05) is 24.8 Å². The van der Waals surface area contributed by atoms with Gasteiger partial charge in [-0.2, -0.15) is 0 Å². The minimum atomic E-state index is -0.560. The molecule has 1 atom stereocenters. The van der Waals surface area contributed by atoms with Crippen molar-refractivity contribution in [2.45, 2.75) is 6.10 Å². The highest BCUT2D eigenvalue weighted by Crippen LogP contribution is 2.36. The molecule has 0 radical (unpaired) electrons. The predicted molar refractivity (Wildman–Crippen MR) is 105 cm³/mol. The Bertz CT molecular complexity index is 1220. The number of fused-ring (bicyclic) bond motifs is 2. The standard InChI is InChI=1S/C21H16N2O7/c24-15-8-19(30-16-4-2-1-3-14(15)16)20(25)22-9-13-10-23(21(26)29-13)12-5-6-17-18(7-12)28-11-27-17/h1-8,13H,9-11H2,(H,22,25). The number of hydrogen-bond donors (Lipinski definition) is 1. The van der Waals surface area contributed by atoms with E-state index in [4.69, 9.17) is 18.6 Å². The largest absolute Gasteiger partial charge is 0.454 e. The summed E-state index contributed by atoms with van der Waals surface area (Å²) in [5.74, 6) is 0.515. The fourth-order valence-corrected chi connectivity index (χ4v) is 3.40. The van der Waals surface area contributed by atoms with Crippen molar-refractivity contribution in [2.24, 2.45) is 0 Å². The lowest BCUT2D eigenvalue weighted by Gasteiger charge is -2.13. The number of nitrogens with zero attached hydrogens (tertiary/aromatic N) is 1. The maximum Gasteiger partial charge on any atom is 0.414 e. The van der Waals surface area contributed by atoms with Gasteiger partial charge >= 0.3 is 6.09 Å². The van der Waals surface area contributed by atoms with Crippen LogP contribution in [0.2, 0.25) is 0 Å². The van der Waals surface area contributed by atoms with Crippen LogP contribution in [0.15, 0.2) is 57.7 Å². The van der Waals surface area contributed by atoms with Crippen molar-refractivity contribution in [1.82, 2.24) is 5.32 Å². The average Bonchev–Trinajstić information content (AvgIpc) is 3.37. The molecule has 2 aliphatic heterocycles. The molecule has 0 aliphatic carbocycles. The third-order valence-electron chi connectivity index (χ3n) is 4.89. The van der Waals surface area contributed by atoms with Crippen LogP contribution in [-0.4, -0.2) is 38.0 Å². The van der Waals surface area contributed by atoms with Crippen molar-refractivity contribution in [3.05, 3.63) is 64.5 Å². The Hall–Kier alpha value is -4.01. The number of anilines is 1. The van der Waals surface area contributed by atoms with Crippen molar-refractivity contribution in [3.8, 4) is 11.5 Å². The van der Waals surface area contributed by atoms with Gasteiger partial charge in [-0.1, -0.05) is 12.1 Å². The van der Waals surface area contributed by atoms with Gasteiger partial charge in [0.25, 0.3) is 5.91 Å². The van der Waals surface area contributed by atoms with E-state index in [0.29, 0.717) is 28.2 Å². The molecule has 152 valence electrons. The van der Waals surface area contributed by atoms with Crippen molar-refractivity contribution in [1.29, 1.82) is 0 Å². The summed E-state index contributed by atoms with van der Waals surface area (Å²) >= 11 is 0. The molecule has 0 spiro atoms. The Labute approximate surface area is 169 Å². The molecule has 1 fully saturated rings. The summed E-state index contributed by atoms with van der Waals surface area (Å²) in [5, 5.41) is 3.05. The molecule has 1 N–H and O–H groups in total. The van der Waals surface area contributed by atoms with Crippen molar-refractivity contribution >= 4 is 28.7 Å². The lowest BCUT2D eigenvalue weighted by molar-refractivity contribution is 0.0890. The Morgan fingerprint density at radius 2 is 1.90 bits per heavy atom. The normalized spacial score (nSPS) is 17.3. The van der Waals surface area contributed by atoms with Gasteiger partial charge < -0.3 is 23.9 Å². The summed E-state index contributed by atoms with van der Waals surface area (Å²) in [6, 6.07) is 13.0. The van der Waals surface area contributed by atoms with Crippen molar-refractivity contribution < 1.29 is 28.2 Å². The summed E-state index contributed by atoms with van der Waals surface area (Å²) in [6.07, 6.45) is -1.08. The first-order valence-corrected chi connectivity index (χ1v) is 9.27. The highest BCUT2D eigenvalue weighted by molar-refractivity contribution is 5.93. The van der Waals surface area contributed by atoms with E-state index in [-0.39, 0.29) is 31.1 Å². The minimum Gasteiger partial charge on any atom is -0.454 e. The van der Waals surface area contributed by atoms with Gasteiger partial charge in [-0.05, 0) is 24.3 Å². The van der Waals surface area contributed by atoms with E-state index in [2.05, 4.69) is 5.32 Å². The van der Waals surface area contributed by atoms with Gasteiger partial charge in [0.2, 0.25) is 6.79 Å². The fourth-order valence-electron chi connectivity index (χ4n) is 3.40. The van der Waals surface area contributed by atoms with E-state index < -0.39 is 18.1 Å². The molecule has 1 aromatic heterocycles. The molecule has 3 aromatic rings. The SMILES string of the molecule is O=C(NCC1CN(c2ccc3c(c2)OCO3)C(=O)O1)c1cc(=O)c2ccccc2o1. The Balaban J connectivity index is 1.25. The monoisotopic (exact) mass is 408 g/mol. The predicted octanol–water partition coefficient (Wildman–Crippen LogP) is 2.28. The summed E-state index contributed by atoms with van der Waals surface area (Å²) in [6.45, 7) is 0.464. The first kappa shape index (κ1) is 18.0. The molecule has 5 rings (SSSR count). The number of rotatable bonds is 4. The van der Waals surface area contributed by atoms with Gasteiger partial charge in [0.05, 0.1) is 24.2 Å². The van der Waals surface area contributed by atoms with Crippen LogP contribution in [-0.2, 0) is 4.74 Å². The van der Waals surface area contributed by atoms with Crippen LogP contribution < -0.4 is 25.1 Å². The van der Waals surface area contributed by atoms with E-state index in [0.717, 1.165) is 6.07 Å². The molecule has 9 heteroatoms. The van der Waals surface area contributed by atoms with Crippen LogP contribution in [0.4, 0.5) is 10.5 Å². The van der Waals surface area contributed by atoms with Gasteiger partial charge in [-0.25, -0.2) is 4.79 Å². The number of cyclic esters (lactones) is 1. The highest BCUT2D eigenvalue weighted by atomic mass is 16.7. The molecule has 2 aromatic carbocycles. The number of carbonyl (C=O) groups is 2. The van der Waals surface area contributed by atoms with E-state index in [1.807, 2.05) is 0 Å². The van der Waals surface area contributed by atoms with Crippen LogP contribution in [0.5, 0.6) is 11.5 Å². The van der Waals surface area contributed by atoms with Gasteiger partial charge in [0, 0.05) is 12.1 Å². The number of benzene rings is 2. The topological polar surface area (TPSA) is 107 Å². The lowest BCUT2D eigenvalue weighted by Crippen LogP contribution is -2.35. The highest BCUT2D eigenvalue weighted by Gasteiger charge is 2.33. The molecule has 1 unspecified atom stereocenters. The maximum absolute atomic E-state index is 12.4. The smallest absolute Gasteiger partial charge is 0.414 e. The van der Waals surface area contributed by atoms with Gasteiger partial charge in [-0.15, -0.1) is 0 Å². The summed E-state index contributed by atoms with van der Waals surface area (Å²) < 4.78 is 21.5. The van der Waals surface area contributed by atoms with E-state index >= 15 is 0 Å². The third-order valence-corrected chi connectivity index (χ3v) is 4.89. The van der Waals surface area contributed by atoms with Crippen LogP contribution in [0.1, 0.15) is 10.6 Å². The number of para-hydroxylation sites is 1. The number of hydrogen-bond acceptors (Lipinski definition) is 7. The second-order valence-corrected chi connectivity index (χ2v) is 6.84. The zero-order chi connectivity index (χ0) is 20.7. The van der Waals surface area contributed by atoms with Gasteiger partial charge in [-0.3, -0.25) is 14.5 Å². The zero-order valence-corrected chi connectivity index (χ0v) is 15.6. The number of carbonyl (C=O) groups excluding carboxylic acids is 2. The molecule has 3 heterocycles. The van der Waals surface area contributed by atoms with Crippen LogP contribution in [0.25, 0.3) is 11.0 Å². The first-order chi connectivity index (χ1) is 14.6. The molecule has 0 saturated carbocycles. The maximum atomic E-state index is 12.4. The van der Waals surface area contributed by atoms with Crippen molar-refractivity contribution in [3.63, 3.8) is 0 Å². The van der Waals surface area contributed by atoms with E-state index in [1.54, 1.807) is 42.5 Å². The quantitative estimate of drug-likeness (QED) is 0.706. The summed E-state index contributed by atoms with van der Waals surface area (Å²) in [5.41, 5.74) is 0.637. The molecule has 0 bridgehead atoms. The second kappa shape index (κ2) is 7.11. The zero-order valence-electron chi connectivity index (χ0n) is 15.6. The average molecular weight is 408 g/mol. The van der Waals surface area contributed by atoms with Crippen LogP contribution in [0.3, 0.4) is 0 Å². The Kier molecular flexibility index (Phi) is 4.27. The summed E-state index contributed by atoms with van der Waals surface area (Å²) in [7, 11) is 0. The fraction of sp³-hybridized carbons (Fsp3) is 0.190. The number of ether oxygens (including phenoxy) is 3. The summed E-state index contributed by atoms with van der Waals surface area (Å²) in [4.78, 5) is 38.3. The van der Waals surface area contributed by atoms with Gasteiger partial charge in [0.15, 0.2) is 22.7 Å². The third kappa shape index (κ3) is 3.20. The molecule has 2 amide bonds. The van der Waals surface area contributed by atoms with E-state index in [9.17, 15) is 14.4 Å². The first-order valence-electron chi connectivity index (χ1n) is 9.27. The molecule has 1 saturated heterocycles. The lowest BCUT2D eigenvalue weighted by atomic mass is 10.2. The number of amides is 2. The molecular formula is C21H16N2O7. The van der Waals surface area contributed by atoms with Gasteiger partial charge in [0.1, 0.15) is 11.7 Å². The molecular weight excluding hydrogens is 392 g/mol. The minimum absolute atomic E-state index is 0.0716. The Morgan fingerprint density at radius 1 is 1.07 bits per heavy atom. The molecule has 9 nitrogen and oxygen atoms in total. The Morgan fingerprint density at radius 3 is 2.80 bits per heavy atom. The molecule has 30 heavy (non-hydrogen) atoms. The van der Waals surface area contributed by atoms with Crippen LogP contribution >= 0.6 is 0 Å². The van der Waals surface area contributed by atoms with Crippen LogP contribution in [0, 0.1) is 0 Å². The molecule has 2 aliphatic rings. The second-order valence-electron chi connectivity index (χ2n) is 6.84. The van der Waals surface area contributed by atoms with E-state index in [1.165, 1.54) is 4.90 Å². The number of nitrogens with one attached hydrogen (secondary N) is 1.